The number of nitrogens with two attached hydrogens (primary N) is 1. The van der Waals surface area contributed by atoms with Gasteiger partial charge in [0.05, 0.1) is 6.61 Å². The van der Waals surface area contributed by atoms with Crippen molar-refractivity contribution in [2.24, 2.45) is 0 Å². The summed E-state index contributed by atoms with van der Waals surface area (Å²) in [7, 11) is 1.95. The van der Waals surface area contributed by atoms with Gasteiger partial charge in [0.15, 0.2) is 0 Å². The van der Waals surface area contributed by atoms with Gasteiger partial charge in [-0.25, -0.2) is 0 Å². The lowest BCUT2D eigenvalue weighted by molar-refractivity contribution is -0.116. The Balaban J connectivity index is 2.37. The van der Waals surface area contributed by atoms with Crippen LogP contribution in [0.25, 0.3) is 0 Å². The van der Waals surface area contributed by atoms with E-state index >= 15 is 0 Å². The van der Waals surface area contributed by atoms with Crippen LogP contribution < -0.4 is 11.1 Å². The highest BCUT2D eigenvalue weighted by molar-refractivity contribution is 5.91. The molecular weight excluding hydrogens is 254 g/mol. The van der Waals surface area contributed by atoms with E-state index in [-0.39, 0.29) is 18.6 Å². The van der Waals surface area contributed by atoms with E-state index in [0.29, 0.717) is 12.1 Å². The summed E-state index contributed by atoms with van der Waals surface area (Å²) in [6.45, 7) is 4.80. The van der Waals surface area contributed by atoms with Gasteiger partial charge in [-0.2, -0.15) is 0 Å². The van der Waals surface area contributed by atoms with Crippen molar-refractivity contribution in [1.29, 1.82) is 0 Å². The minimum absolute atomic E-state index is 0.00271. The number of hydrogen-bond acceptors (Lipinski definition) is 4. The number of aliphatic hydroxyl groups is 1. The second kappa shape index (κ2) is 7.87. The van der Waals surface area contributed by atoms with Gasteiger partial charge in [0.2, 0.25) is 5.91 Å². The van der Waals surface area contributed by atoms with E-state index in [1.54, 1.807) is 6.07 Å². The maximum Gasteiger partial charge on any atom is 0.224 e. The summed E-state index contributed by atoms with van der Waals surface area (Å²) < 4.78 is 0. The molecular formula is C15H25N3O2. The van der Waals surface area contributed by atoms with Crippen LogP contribution in [-0.2, 0) is 4.79 Å². The Bertz CT molecular complexity index is 449. The van der Waals surface area contributed by atoms with Crippen molar-refractivity contribution in [3.05, 3.63) is 23.8 Å². The van der Waals surface area contributed by atoms with E-state index in [2.05, 4.69) is 5.32 Å². The van der Waals surface area contributed by atoms with Gasteiger partial charge in [0.25, 0.3) is 0 Å². The molecule has 0 saturated carbocycles. The van der Waals surface area contributed by atoms with Crippen LogP contribution in [0.15, 0.2) is 18.2 Å². The Morgan fingerprint density at radius 3 is 2.80 bits per heavy atom. The Hall–Kier alpha value is -1.59. The third kappa shape index (κ3) is 5.19. The topological polar surface area (TPSA) is 78.6 Å². The van der Waals surface area contributed by atoms with E-state index in [1.807, 2.05) is 37.9 Å². The average Bonchev–Trinajstić information content (AvgIpc) is 2.41. The molecule has 1 amide bonds. The first-order chi connectivity index (χ1) is 9.43. The van der Waals surface area contributed by atoms with Crippen LogP contribution >= 0.6 is 0 Å². The van der Waals surface area contributed by atoms with Gasteiger partial charge in [-0.15, -0.1) is 0 Å². The molecule has 0 radical (unpaired) electrons. The number of carbonyl (C=O) groups is 1. The number of aryl methyl sites for hydroxylation is 1. The summed E-state index contributed by atoms with van der Waals surface area (Å²) in [5, 5.41) is 11.9. The first-order valence-electron chi connectivity index (χ1n) is 6.91. The number of likely N-dealkylation sites (N-methyl/N-ethyl adjacent to an activating group) is 1. The lowest BCUT2D eigenvalue weighted by Gasteiger charge is -2.22. The normalized spacial score (nSPS) is 12.4. The van der Waals surface area contributed by atoms with Crippen LogP contribution in [-0.4, -0.2) is 42.2 Å². The number of benzene rings is 1. The molecule has 0 bridgehead atoms. The predicted octanol–water partition coefficient (Wildman–Crippen LogP) is 1.61. The molecule has 1 aromatic carbocycles. The second-order valence-corrected chi connectivity index (χ2v) is 5.24. The molecule has 0 aromatic heterocycles. The molecule has 20 heavy (non-hydrogen) atoms. The number of nitrogen functional groups attached to an aromatic ring is 1. The van der Waals surface area contributed by atoms with Crippen LogP contribution in [0.5, 0.6) is 0 Å². The van der Waals surface area contributed by atoms with Crippen molar-refractivity contribution in [2.45, 2.75) is 32.7 Å². The number of aliphatic hydroxyl groups excluding tert-OH is 1. The summed E-state index contributed by atoms with van der Waals surface area (Å²) in [5.41, 5.74) is 8.14. The molecule has 0 spiro atoms. The first-order valence-corrected chi connectivity index (χ1v) is 6.91. The lowest BCUT2D eigenvalue weighted by atomic mass is 10.1. The molecule has 5 heteroatoms. The molecule has 4 N–H and O–H groups in total. The third-order valence-electron chi connectivity index (χ3n) is 3.46. The number of anilines is 2. The number of nitrogens with one attached hydrogen (secondary N) is 1. The van der Waals surface area contributed by atoms with Crippen molar-refractivity contribution >= 4 is 17.3 Å². The minimum atomic E-state index is 0.00271. The largest absolute Gasteiger partial charge is 0.399 e. The fourth-order valence-electron chi connectivity index (χ4n) is 1.89. The quantitative estimate of drug-likeness (QED) is 0.663. The molecule has 1 aromatic rings. The molecule has 1 unspecified atom stereocenters. The van der Waals surface area contributed by atoms with Crippen LogP contribution in [0.2, 0.25) is 0 Å². The molecule has 0 heterocycles. The zero-order valence-electron chi connectivity index (χ0n) is 12.5. The Kier molecular flexibility index (Phi) is 6.48. The molecule has 1 atom stereocenters. The number of rotatable bonds is 7. The maximum absolute atomic E-state index is 11.9. The molecule has 112 valence electrons. The number of nitrogens with zero attached hydrogens (tertiary/aromatic N) is 1. The van der Waals surface area contributed by atoms with Gasteiger partial charge in [-0.05, 0) is 57.6 Å². The Labute approximate surface area is 120 Å². The van der Waals surface area contributed by atoms with Gasteiger partial charge >= 0.3 is 0 Å². The Morgan fingerprint density at radius 2 is 2.20 bits per heavy atom. The maximum atomic E-state index is 11.9. The molecule has 0 aliphatic carbocycles. The zero-order chi connectivity index (χ0) is 15.1. The molecule has 1 rings (SSSR count). The first kappa shape index (κ1) is 16.5. The van der Waals surface area contributed by atoms with Crippen molar-refractivity contribution in [3.63, 3.8) is 0 Å². The predicted molar refractivity (Wildman–Crippen MR) is 82.6 cm³/mol. The fourth-order valence-corrected chi connectivity index (χ4v) is 1.89. The van der Waals surface area contributed by atoms with Gasteiger partial charge in [-0.3, -0.25) is 4.79 Å². The highest BCUT2D eigenvalue weighted by Gasteiger charge is 2.09. The van der Waals surface area contributed by atoms with E-state index < -0.39 is 0 Å². The van der Waals surface area contributed by atoms with Crippen LogP contribution in [0, 0.1) is 6.92 Å². The highest BCUT2D eigenvalue weighted by Crippen LogP contribution is 2.17. The summed E-state index contributed by atoms with van der Waals surface area (Å²) >= 11 is 0. The molecule has 0 aliphatic rings. The summed E-state index contributed by atoms with van der Waals surface area (Å²) in [4.78, 5) is 13.9. The van der Waals surface area contributed by atoms with Crippen molar-refractivity contribution in [1.82, 2.24) is 4.90 Å². The van der Waals surface area contributed by atoms with Crippen LogP contribution in [0.4, 0.5) is 11.4 Å². The summed E-state index contributed by atoms with van der Waals surface area (Å²) in [5.74, 6) is 0.00271. The van der Waals surface area contributed by atoms with Crippen molar-refractivity contribution in [2.75, 3.05) is 31.2 Å². The van der Waals surface area contributed by atoms with Gasteiger partial charge < -0.3 is 21.1 Å². The molecule has 0 saturated heterocycles. The summed E-state index contributed by atoms with van der Waals surface area (Å²) in [6.07, 6.45) is 1.23. The van der Waals surface area contributed by atoms with Crippen molar-refractivity contribution < 1.29 is 9.90 Å². The standard InChI is InChI=1S/C15H25N3O2/c1-11-9-13(16)6-7-14(11)17-15(20)5-4-8-18(3)12(2)10-19/h6-7,9,12,19H,4-5,8,10,16H2,1-3H3,(H,17,20). The van der Waals surface area contributed by atoms with E-state index in [4.69, 9.17) is 10.8 Å². The van der Waals surface area contributed by atoms with Crippen molar-refractivity contribution in [3.8, 4) is 0 Å². The SMILES string of the molecule is Cc1cc(N)ccc1NC(=O)CCCN(C)C(C)CO. The second-order valence-electron chi connectivity index (χ2n) is 5.24. The monoisotopic (exact) mass is 279 g/mol. The number of hydrogen-bond donors (Lipinski definition) is 3. The van der Waals surface area contributed by atoms with E-state index in [1.165, 1.54) is 0 Å². The molecule has 0 fully saturated rings. The lowest BCUT2D eigenvalue weighted by Crippen LogP contribution is -2.33. The fraction of sp³-hybridized carbons (Fsp3) is 0.533. The summed E-state index contributed by atoms with van der Waals surface area (Å²) in [6, 6.07) is 5.56. The van der Waals surface area contributed by atoms with E-state index in [0.717, 1.165) is 24.2 Å². The van der Waals surface area contributed by atoms with Gasteiger partial charge in [0.1, 0.15) is 0 Å². The number of amides is 1. The smallest absolute Gasteiger partial charge is 0.224 e. The molecule has 0 aliphatic heterocycles. The van der Waals surface area contributed by atoms with Crippen LogP contribution in [0.1, 0.15) is 25.3 Å². The number of carbonyl (C=O) groups excluding carboxylic acids is 1. The Morgan fingerprint density at radius 1 is 1.50 bits per heavy atom. The zero-order valence-corrected chi connectivity index (χ0v) is 12.5. The van der Waals surface area contributed by atoms with Crippen LogP contribution in [0.3, 0.4) is 0 Å². The van der Waals surface area contributed by atoms with Gasteiger partial charge in [0, 0.05) is 23.8 Å². The minimum Gasteiger partial charge on any atom is -0.399 e. The molecule has 5 nitrogen and oxygen atoms in total. The van der Waals surface area contributed by atoms with Gasteiger partial charge in [-0.1, -0.05) is 0 Å². The highest BCUT2D eigenvalue weighted by atomic mass is 16.3. The average molecular weight is 279 g/mol. The van der Waals surface area contributed by atoms with E-state index in [9.17, 15) is 4.79 Å². The third-order valence-corrected chi connectivity index (χ3v) is 3.46.